The highest BCUT2D eigenvalue weighted by Gasteiger charge is 2.06. The SMILES string of the molecule is COc1ccccc1NC(=O)CCNc1ccc(Br)cc1. The van der Waals surface area contributed by atoms with Gasteiger partial charge >= 0.3 is 0 Å². The summed E-state index contributed by atoms with van der Waals surface area (Å²) < 4.78 is 6.23. The van der Waals surface area contributed by atoms with Crippen molar-refractivity contribution in [3.63, 3.8) is 0 Å². The molecule has 0 aliphatic carbocycles. The maximum atomic E-state index is 11.9. The van der Waals surface area contributed by atoms with Crippen molar-refractivity contribution in [2.75, 3.05) is 24.3 Å². The van der Waals surface area contributed by atoms with Gasteiger partial charge in [-0.15, -0.1) is 0 Å². The number of anilines is 2. The Balaban J connectivity index is 1.81. The molecule has 5 heteroatoms. The van der Waals surface area contributed by atoms with Crippen LogP contribution in [-0.2, 0) is 4.79 Å². The smallest absolute Gasteiger partial charge is 0.226 e. The molecule has 4 nitrogen and oxygen atoms in total. The lowest BCUT2D eigenvalue weighted by Crippen LogP contribution is -2.16. The monoisotopic (exact) mass is 348 g/mol. The second-order valence-corrected chi connectivity index (χ2v) is 5.35. The van der Waals surface area contributed by atoms with Gasteiger partial charge in [0.1, 0.15) is 5.75 Å². The van der Waals surface area contributed by atoms with Crippen LogP contribution in [-0.4, -0.2) is 19.6 Å². The molecule has 21 heavy (non-hydrogen) atoms. The molecule has 0 saturated heterocycles. The molecule has 2 aromatic carbocycles. The Morgan fingerprint density at radius 1 is 1.14 bits per heavy atom. The predicted molar refractivity (Wildman–Crippen MR) is 88.9 cm³/mol. The van der Waals surface area contributed by atoms with Gasteiger partial charge in [-0.25, -0.2) is 0 Å². The van der Waals surface area contributed by atoms with Crippen LogP contribution in [0.15, 0.2) is 53.0 Å². The van der Waals surface area contributed by atoms with Crippen molar-refractivity contribution in [3.8, 4) is 5.75 Å². The van der Waals surface area contributed by atoms with Crippen LogP contribution in [0.4, 0.5) is 11.4 Å². The molecule has 0 aliphatic heterocycles. The zero-order chi connectivity index (χ0) is 15.1. The van der Waals surface area contributed by atoms with Crippen LogP contribution in [0.1, 0.15) is 6.42 Å². The highest BCUT2D eigenvalue weighted by atomic mass is 79.9. The molecule has 0 fully saturated rings. The van der Waals surface area contributed by atoms with E-state index in [1.165, 1.54) is 0 Å². The highest BCUT2D eigenvalue weighted by molar-refractivity contribution is 9.10. The van der Waals surface area contributed by atoms with Gasteiger partial charge in [0.05, 0.1) is 12.8 Å². The number of hydrogen-bond donors (Lipinski definition) is 2. The molecule has 0 radical (unpaired) electrons. The number of hydrogen-bond acceptors (Lipinski definition) is 3. The standard InChI is InChI=1S/C16H17BrN2O2/c1-21-15-5-3-2-4-14(15)19-16(20)10-11-18-13-8-6-12(17)7-9-13/h2-9,18H,10-11H2,1H3,(H,19,20). The minimum atomic E-state index is -0.0517. The fourth-order valence-electron chi connectivity index (χ4n) is 1.85. The van der Waals surface area contributed by atoms with Crippen molar-refractivity contribution >= 4 is 33.2 Å². The highest BCUT2D eigenvalue weighted by Crippen LogP contribution is 2.23. The number of benzene rings is 2. The van der Waals surface area contributed by atoms with Crippen molar-refractivity contribution in [1.82, 2.24) is 0 Å². The van der Waals surface area contributed by atoms with E-state index >= 15 is 0 Å². The van der Waals surface area contributed by atoms with Gasteiger partial charge in [0, 0.05) is 23.1 Å². The maximum Gasteiger partial charge on any atom is 0.226 e. The average molecular weight is 349 g/mol. The molecule has 1 amide bonds. The van der Waals surface area contributed by atoms with Crippen LogP contribution in [0, 0.1) is 0 Å². The van der Waals surface area contributed by atoms with Gasteiger partial charge in [-0.3, -0.25) is 4.79 Å². The number of amides is 1. The number of para-hydroxylation sites is 2. The summed E-state index contributed by atoms with van der Waals surface area (Å²) in [4.78, 5) is 11.9. The molecule has 2 N–H and O–H groups in total. The summed E-state index contributed by atoms with van der Waals surface area (Å²) in [5.41, 5.74) is 1.68. The van der Waals surface area contributed by atoms with Crippen LogP contribution in [0.2, 0.25) is 0 Å². The fourth-order valence-corrected chi connectivity index (χ4v) is 2.11. The number of nitrogens with one attached hydrogen (secondary N) is 2. The Kier molecular flexibility index (Phi) is 5.63. The molecule has 0 atom stereocenters. The molecule has 0 saturated carbocycles. The number of ether oxygens (including phenoxy) is 1. The zero-order valence-electron chi connectivity index (χ0n) is 11.7. The molecule has 2 aromatic rings. The van der Waals surface area contributed by atoms with E-state index in [1.807, 2.05) is 48.5 Å². The Hall–Kier alpha value is -2.01. The van der Waals surface area contributed by atoms with E-state index in [0.717, 1.165) is 10.2 Å². The Bertz CT molecular complexity index is 599. The Morgan fingerprint density at radius 2 is 1.86 bits per heavy atom. The van der Waals surface area contributed by atoms with Gasteiger partial charge in [-0.1, -0.05) is 28.1 Å². The van der Waals surface area contributed by atoms with E-state index in [1.54, 1.807) is 7.11 Å². The molecule has 0 bridgehead atoms. The van der Waals surface area contributed by atoms with Crippen molar-refractivity contribution in [2.45, 2.75) is 6.42 Å². The lowest BCUT2D eigenvalue weighted by atomic mass is 10.2. The summed E-state index contributed by atoms with van der Waals surface area (Å²) in [5, 5.41) is 6.05. The first-order chi connectivity index (χ1) is 10.2. The van der Waals surface area contributed by atoms with Crippen molar-refractivity contribution in [1.29, 1.82) is 0 Å². The quantitative estimate of drug-likeness (QED) is 0.832. The van der Waals surface area contributed by atoms with E-state index < -0.39 is 0 Å². The van der Waals surface area contributed by atoms with Crippen LogP contribution >= 0.6 is 15.9 Å². The topological polar surface area (TPSA) is 50.4 Å². The van der Waals surface area contributed by atoms with Gasteiger partial charge in [-0.05, 0) is 36.4 Å². The molecular weight excluding hydrogens is 332 g/mol. The molecule has 2 rings (SSSR count). The maximum absolute atomic E-state index is 11.9. The summed E-state index contributed by atoms with van der Waals surface area (Å²) in [6, 6.07) is 15.2. The molecule has 110 valence electrons. The van der Waals surface area contributed by atoms with E-state index in [-0.39, 0.29) is 5.91 Å². The van der Waals surface area contributed by atoms with Gasteiger partial charge in [0.25, 0.3) is 0 Å². The first-order valence-corrected chi connectivity index (χ1v) is 7.40. The van der Waals surface area contributed by atoms with Crippen LogP contribution in [0.5, 0.6) is 5.75 Å². The minimum absolute atomic E-state index is 0.0517. The van der Waals surface area contributed by atoms with E-state index in [9.17, 15) is 4.79 Å². The van der Waals surface area contributed by atoms with E-state index in [4.69, 9.17) is 4.74 Å². The average Bonchev–Trinajstić information content (AvgIpc) is 2.50. The third kappa shape index (κ3) is 4.79. The van der Waals surface area contributed by atoms with Gasteiger partial charge < -0.3 is 15.4 Å². The van der Waals surface area contributed by atoms with Crippen LogP contribution < -0.4 is 15.4 Å². The number of halogens is 1. The number of carbonyl (C=O) groups excluding carboxylic acids is 1. The molecular formula is C16H17BrN2O2. The summed E-state index contributed by atoms with van der Waals surface area (Å²) in [7, 11) is 1.58. The van der Waals surface area contributed by atoms with E-state index in [0.29, 0.717) is 24.4 Å². The predicted octanol–water partition coefficient (Wildman–Crippen LogP) is 3.90. The lowest BCUT2D eigenvalue weighted by Gasteiger charge is -2.10. The Morgan fingerprint density at radius 3 is 2.57 bits per heavy atom. The van der Waals surface area contributed by atoms with Crippen LogP contribution in [0.25, 0.3) is 0 Å². The van der Waals surface area contributed by atoms with Gasteiger partial charge in [-0.2, -0.15) is 0 Å². The minimum Gasteiger partial charge on any atom is -0.495 e. The zero-order valence-corrected chi connectivity index (χ0v) is 13.3. The number of methoxy groups -OCH3 is 1. The summed E-state index contributed by atoms with van der Waals surface area (Å²) >= 11 is 3.38. The molecule has 0 aromatic heterocycles. The first-order valence-electron chi connectivity index (χ1n) is 6.61. The van der Waals surface area contributed by atoms with Crippen molar-refractivity contribution in [3.05, 3.63) is 53.0 Å². The third-order valence-corrected chi connectivity index (χ3v) is 3.44. The summed E-state index contributed by atoms with van der Waals surface area (Å²) in [6.45, 7) is 0.572. The number of carbonyl (C=O) groups is 1. The first kappa shape index (κ1) is 15.4. The van der Waals surface area contributed by atoms with Gasteiger partial charge in [0.2, 0.25) is 5.91 Å². The molecule has 0 spiro atoms. The molecule has 0 heterocycles. The second-order valence-electron chi connectivity index (χ2n) is 4.43. The Labute approximate surface area is 132 Å². The van der Waals surface area contributed by atoms with Crippen molar-refractivity contribution < 1.29 is 9.53 Å². The van der Waals surface area contributed by atoms with Crippen molar-refractivity contribution in [2.24, 2.45) is 0 Å². The van der Waals surface area contributed by atoms with Crippen LogP contribution in [0.3, 0.4) is 0 Å². The molecule has 0 aliphatic rings. The third-order valence-electron chi connectivity index (χ3n) is 2.91. The number of rotatable bonds is 6. The summed E-state index contributed by atoms with van der Waals surface area (Å²) in [6.07, 6.45) is 0.383. The molecule has 0 unspecified atom stereocenters. The normalized spacial score (nSPS) is 10.0. The van der Waals surface area contributed by atoms with E-state index in [2.05, 4.69) is 26.6 Å². The second kappa shape index (κ2) is 7.69. The van der Waals surface area contributed by atoms with Gasteiger partial charge in [0.15, 0.2) is 0 Å². The largest absolute Gasteiger partial charge is 0.495 e. The fraction of sp³-hybridized carbons (Fsp3) is 0.188. The lowest BCUT2D eigenvalue weighted by molar-refractivity contribution is -0.115. The summed E-state index contributed by atoms with van der Waals surface area (Å²) in [5.74, 6) is 0.607.